The highest BCUT2D eigenvalue weighted by Crippen LogP contribution is 2.28. The number of nitrogens with zero attached hydrogens (tertiary/aromatic N) is 1. The third kappa shape index (κ3) is 3.02. The van der Waals surface area contributed by atoms with Crippen molar-refractivity contribution in [3.05, 3.63) is 57.2 Å². The molecule has 0 saturated heterocycles. The van der Waals surface area contributed by atoms with Crippen LogP contribution in [0, 0.1) is 6.92 Å². The first-order chi connectivity index (χ1) is 10.5. The number of carbonyl (C=O) groups is 1. The van der Waals surface area contributed by atoms with Gasteiger partial charge < -0.3 is 9.73 Å². The van der Waals surface area contributed by atoms with Gasteiger partial charge in [-0.2, -0.15) is 0 Å². The molecule has 2 heterocycles. The number of thiophene rings is 1. The highest BCUT2D eigenvalue weighted by atomic mass is 35.5. The third-order valence-corrected chi connectivity index (χ3v) is 4.34. The first-order valence-electron chi connectivity index (χ1n) is 6.32. The van der Waals surface area contributed by atoms with Crippen molar-refractivity contribution < 1.29 is 9.21 Å². The lowest BCUT2D eigenvalue weighted by molar-refractivity contribution is 0.102. The summed E-state index contributed by atoms with van der Waals surface area (Å²) < 4.78 is 5.55. The predicted molar refractivity (Wildman–Crippen MR) is 89.0 cm³/mol. The first-order valence-corrected chi connectivity index (χ1v) is 7.96. The van der Waals surface area contributed by atoms with Gasteiger partial charge in [-0.05, 0) is 36.6 Å². The number of aromatic nitrogens is 1. The molecule has 4 nitrogen and oxygen atoms in total. The number of nitrogens with one attached hydrogen (secondary N) is 1. The molecule has 22 heavy (non-hydrogen) atoms. The molecule has 3 aromatic rings. The zero-order valence-electron chi connectivity index (χ0n) is 11.4. The molecular formula is C15H10Cl2N2O2S. The summed E-state index contributed by atoms with van der Waals surface area (Å²) in [4.78, 5) is 17.5. The van der Waals surface area contributed by atoms with Gasteiger partial charge in [0.05, 0.1) is 15.6 Å². The first kappa shape index (κ1) is 15.1. The van der Waals surface area contributed by atoms with E-state index < -0.39 is 5.91 Å². The molecule has 0 unspecified atom stereocenters. The van der Waals surface area contributed by atoms with Crippen molar-refractivity contribution in [1.29, 1.82) is 0 Å². The Bertz CT molecular complexity index is 828. The van der Waals surface area contributed by atoms with Crippen molar-refractivity contribution in [2.45, 2.75) is 6.92 Å². The van der Waals surface area contributed by atoms with E-state index in [2.05, 4.69) is 10.3 Å². The van der Waals surface area contributed by atoms with Crippen molar-refractivity contribution in [3.63, 3.8) is 0 Å². The molecule has 1 N–H and O–H groups in total. The van der Waals surface area contributed by atoms with Gasteiger partial charge in [0.15, 0.2) is 5.69 Å². The molecule has 0 saturated carbocycles. The molecule has 0 aliphatic heterocycles. The number of amides is 1. The summed E-state index contributed by atoms with van der Waals surface area (Å²) in [6.45, 7) is 1.69. The molecule has 112 valence electrons. The minimum atomic E-state index is -0.395. The number of anilines is 1. The number of halogens is 2. The Hall–Kier alpha value is -1.82. The van der Waals surface area contributed by atoms with E-state index in [-0.39, 0.29) is 5.69 Å². The van der Waals surface area contributed by atoms with E-state index in [0.29, 0.717) is 27.4 Å². The van der Waals surface area contributed by atoms with Gasteiger partial charge in [0.1, 0.15) is 5.76 Å². The monoisotopic (exact) mass is 352 g/mol. The second-order valence-corrected chi connectivity index (χ2v) is 6.27. The molecule has 0 aliphatic carbocycles. The Morgan fingerprint density at radius 2 is 2.14 bits per heavy atom. The Morgan fingerprint density at radius 3 is 2.86 bits per heavy atom. The zero-order valence-corrected chi connectivity index (χ0v) is 13.7. The Labute approximate surface area is 140 Å². The van der Waals surface area contributed by atoms with E-state index in [4.69, 9.17) is 27.6 Å². The van der Waals surface area contributed by atoms with Crippen molar-refractivity contribution in [3.8, 4) is 10.8 Å². The number of oxazole rings is 1. The van der Waals surface area contributed by atoms with Gasteiger partial charge in [0.25, 0.3) is 5.91 Å². The summed E-state index contributed by atoms with van der Waals surface area (Å²) in [7, 11) is 0. The summed E-state index contributed by atoms with van der Waals surface area (Å²) in [6.07, 6.45) is 0. The van der Waals surface area contributed by atoms with E-state index in [1.165, 1.54) is 11.3 Å². The maximum Gasteiger partial charge on any atom is 0.277 e. The van der Waals surface area contributed by atoms with E-state index in [0.717, 1.165) is 4.88 Å². The fourth-order valence-electron chi connectivity index (χ4n) is 1.89. The minimum Gasteiger partial charge on any atom is -0.440 e. The van der Waals surface area contributed by atoms with Crippen molar-refractivity contribution in [2.75, 3.05) is 5.32 Å². The molecular weight excluding hydrogens is 343 g/mol. The lowest BCUT2D eigenvalue weighted by Gasteiger charge is -2.06. The maximum absolute atomic E-state index is 12.3. The number of hydrogen-bond acceptors (Lipinski definition) is 4. The molecule has 1 aromatic carbocycles. The normalized spacial score (nSPS) is 10.7. The van der Waals surface area contributed by atoms with Crippen LogP contribution in [-0.2, 0) is 0 Å². The van der Waals surface area contributed by atoms with E-state index >= 15 is 0 Å². The third-order valence-electron chi connectivity index (χ3n) is 2.92. The largest absolute Gasteiger partial charge is 0.440 e. The van der Waals surface area contributed by atoms with E-state index in [1.807, 2.05) is 17.5 Å². The quantitative estimate of drug-likeness (QED) is 0.698. The van der Waals surface area contributed by atoms with Crippen LogP contribution in [0.25, 0.3) is 10.8 Å². The Kier molecular flexibility index (Phi) is 4.20. The zero-order chi connectivity index (χ0) is 15.7. The SMILES string of the molecule is Cc1oc(-c2cccs2)nc1C(=O)Nc1cc(Cl)ccc1Cl. The second kappa shape index (κ2) is 6.12. The van der Waals surface area contributed by atoms with Gasteiger partial charge in [-0.1, -0.05) is 29.3 Å². The molecule has 0 aliphatic rings. The van der Waals surface area contributed by atoms with E-state index in [1.54, 1.807) is 25.1 Å². The number of hydrogen-bond donors (Lipinski definition) is 1. The lowest BCUT2D eigenvalue weighted by atomic mass is 10.3. The molecule has 7 heteroatoms. The van der Waals surface area contributed by atoms with Gasteiger partial charge in [0.2, 0.25) is 5.89 Å². The van der Waals surface area contributed by atoms with Crippen LogP contribution in [0.5, 0.6) is 0 Å². The van der Waals surface area contributed by atoms with Crippen LogP contribution < -0.4 is 5.32 Å². The molecule has 0 spiro atoms. The van der Waals surface area contributed by atoms with Crippen molar-refractivity contribution >= 4 is 46.1 Å². The molecule has 0 atom stereocenters. The smallest absolute Gasteiger partial charge is 0.277 e. The van der Waals surface area contributed by atoms with Gasteiger partial charge in [-0.3, -0.25) is 4.79 Å². The van der Waals surface area contributed by atoms with Crippen LogP contribution in [0.2, 0.25) is 10.0 Å². The van der Waals surface area contributed by atoms with Crippen molar-refractivity contribution in [2.24, 2.45) is 0 Å². The van der Waals surface area contributed by atoms with Crippen LogP contribution in [0.3, 0.4) is 0 Å². The van der Waals surface area contributed by atoms with Crippen LogP contribution in [0.4, 0.5) is 5.69 Å². The molecule has 1 amide bonds. The molecule has 3 rings (SSSR count). The highest BCUT2D eigenvalue weighted by molar-refractivity contribution is 7.13. The van der Waals surface area contributed by atoms with Crippen LogP contribution in [0.15, 0.2) is 40.1 Å². The number of carbonyl (C=O) groups excluding carboxylic acids is 1. The minimum absolute atomic E-state index is 0.222. The number of rotatable bonds is 3. The van der Waals surface area contributed by atoms with Crippen LogP contribution in [-0.4, -0.2) is 10.9 Å². The van der Waals surface area contributed by atoms with Crippen molar-refractivity contribution in [1.82, 2.24) is 4.98 Å². The topological polar surface area (TPSA) is 55.1 Å². The van der Waals surface area contributed by atoms with Gasteiger partial charge in [0, 0.05) is 5.02 Å². The maximum atomic E-state index is 12.3. The highest BCUT2D eigenvalue weighted by Gasteiger charge is 2.19. The standard InChI is InChI=1S/C15H10Cl2N2O2S/c1-8-13(19-15(21-8)12-3-2-6-22-12)14(20)18-11-7-9(16)4-5-10(11)17/h2-7H,1H3,(H,18,20). The van der Waals surface area contributed by atoms with Gasteiger partial charge in [-0.25, -0.2) is 4.98 Å². The average molecular weight is 353 g/mol. The summed E-state index contributed by atoms with van der Waals surface area (Å²) in [6, 6.07) is 8.62. The molecule has 0 bridgehead atoms. The summed E-state index contributed by atoms with van der Waals surface area (Å²) >= 11 is 13.4. The predicted octanol–water partition coefficient (Wildman–Crippen LogP) is 5.27. The lowest BCUT2D eigenvalue weighted by Crippen LogP contribution is -2.13. The summed E-state index contributed by atoms with van der Waals surface area (Å²) in [5.74, 6) is 0.474. The van der Waals surface area contributed by atoms with Crippen LogP contribution >= 0.6 is 34.5 Å². The van der Waals surface area contributed by atoms with Gasteiger partial charge in [-0.15, -0.1) is 11.3 Å². The summed E-state index contributed by atoms with van der Waals surface area (Å²) in [5.41, 5.74) is 0.652. The Balaban J connectivity index is 1.88. The number of aryl methyl sites for hydroxylation is 1. The van der Waals surface area contributed by atoms with E-state index in [9.17, 15) is 4.79 Å². The second-order valence-electron chi connectivity index (χ2n) is 4.48. The average Bonchev–Trinajstić information content (AvgIpc) is 3.11. The molecule has 2 aromatic heterocycles. The molecule has 0 radical (unpaired) electrons. The van der Waals surface area contributed by atoms with Crippen LogP contribution in [0.1, 0.15) is 16.2 Å². The fourth-order valence-corrected chi connectivity index (χ4v) is 2.87. The Morgan fingerprint density at radius 1 is 1.32 bits per heavy atom. The summed E-state index contributed by atoms with van der Waals surface area (Å²) in [5, 5.41) is 5.49. The molecule has 0 fully saturated rings. The van der Waals surface area contributed by atoms with Gasteiger partial charge >= 0.3 is 0 Å². The fraction of sp³-hybridized carbons (Fsp3) is 0.0667. The number of benzene rings is 1.